The summed E-state index contributed by atoms with van der Waals surface area (Å²) in [4.78, 5) is 24.1. The molecule has 1 aliphatic rings. The van der Waals surface area contributed by atoms with Crippen LogP contribution in [0.25, 0.3) is 0 Å². The van der Waals surface area contributed by atoms with Gasteiger partial charge in [0.25, 0.3) is 0 Å². The van der Waals surface area contributed by atoms with E-state index < -0.39 is 23.8 Å². The largest absolute Gasteiger partial charge is 0.481 e. The highest BCUT2D eigenvalue weighted by Crippen LogP contribution is 2.24. The van der Waals surface area contributed by atoms with Gasteiger partial charge >= 0.3 is 11.9 Å². The molecule has 110 valence electrons. The summed E-state index contributed by atoms with van der Waals surface area (Å²) >= 11 is 0. The summed E-state index contributed by atoms with van der Waals surface area (Å²) in [7, 11) is 0. The van der Waals surface area contributed by atoms with E-state index in [-0.39, 0.29) is 0 Å². The Labute approximate surface area is 113 Å². The number of nitrogens with zero attached hydrogens (tertiary/aromatic N) is 1. The van der Waals surface area contributed by atoms with Crippen molar-refractivity contribution in [2.75, 3.05) is 32.8 Å². The highest BCUT2D eigenvalue weighted by Gasteiger charge is 2.38. The molecule has 6 nitrogen and oxygen atoms in total. The molecular formula is C13H23NO5. The van der Waals surface area contributed by atoms with Gasteiger partial charge in [-0.05, 0) is 19.4 Å². The van der Waals surface area contributed by atoms with Crippen LogP contribution in [0.1, 0.15) is 26.2 Å². The van der Waals surface area contributed by atoms with Crippen molar-refractivity contribution in [1.82, 2.24) is 4.90 Å². The predicted octanol–water partition coefficient (Wildman–Crippen LogP) is 0.910. The molecule has 6 heteroatoms. The molecule has 0 aromatic carbocycles. The number of carbonyl (C=O) groups is 2. The molecule has 1 heterocycles. The Morgan fingerprint density at radius 3 is 2.47 bits per heavy atom. The van der Waals surface area contributed by atoms with Crippen LogP contribution in [-0.2, 0) is 14.3 Å². The average Bonchev–Trinajstić information content (AvgIpc) is 2.38. The standard InChI is InChI=1S/C13H23NO5/c1-2-3-7-19-8-6-14-5-4-10(12(15)16)11(9-14)13(17)18/h10-11H,2-9H2,1H3,(H,15,16)(H,17,18). The zero-order valence-electron chi connectivity index (χ0n) is 11.4. The second-order valence-corrected chi connectivity index (χ2v) is 4.94. The second-order valence-electron chi connectivity index (χ2n) is 4.94. The Morgan fingerprint density at radius 1 is 1.21 bits per heavy atom. The molecule has 0 spiro atoms. The third-order valence-electron chi connectivity index (χ3n) is 3.53. The van der Waals surface area contributed by atoms with Crippen LogP contribution in [0.5, 0.6) is 0 Å². The Hall–Kier alpha value is -1.14. The topological polar surface area (TPSA) is 87.1 Å². The van der Waals surface area contributed by atoms with Crippen molar-refractivity contribution in [2.45, 2.75) is 26.2 Å². The number of unbranched alkanes of at least 4 members (excludes halogenated alkanes) is 1. The summed E-state index contributed by atoms with van der Waals surface area (Å²) in [6.07, 6.45) is 2.51. The molecule has 0 aliphatic carbocycles. The van der Waals surface area contributed by atoms with Gasteiger partial charge in [0.15, 0.2) is 0 Å². The number of carboxylic acid groups (broad SMARTS) is 2. The molecule has 0 amide bonds. The fourth-order valence-corrected chi connectivity index (χ4v) is 2.31. The van der Waals surface area contributed by atoms with Crippen LogP contribution in [0, 0.1) is 11.8 Å². The van der Waals surface area contributed by atoms with Gasteiger partial charge in [0.1, 0.15) is 0 Å². The van der Waals surface area contributed by atoms with E-state index >= 15 is 0 Å². The van der Waals surface area contributed by atoms with E-state index in [1.165, 1.54) is 0 Å². The Balaban J connectivity index is 2.35. The number of hydrogen-bond acceptors (Lipinski definition) is 4. The lowest BCUT2D eigenvalue weighted by Gasteiger charge is -2.34. The average molecular weight is 273 g/mol. The van der Waals surface area contributed by atoms with Crippen molar-refractivity contribution in [3.8, 4) is 0 Å². The van der Waals surface area contributed by atoms with Gasteiger partial charge in [-0.15, -0.1) is 0 Å². The summed E-state index contributed by atoms with van der Waals surface area (Å²) in [6.45, 7) is 4.98. The number of rotatable bonds is 8. The van der Waals surface area contributed by atoms with E-state index in [2.05, 4.69) is 6.92 Å². The smallest absolute Gasteiger partial charge is 0.308 e. The van der Waals surface area contributed by atoms with Crippen molar-refractivity contribution < 1.29 is 24.5 Å². The zero-order valence-corrected chi connectivity index (χ0v) is 11.4. The molecule has 1 aliphatic heterocycles. The molecule has 0 aromatic rings. The molecule has 19 heavy (non-hydrogen) atoms. The molecule has 1 saturated heterocycles. The fourth-order valence-electron chi connectivity index (χ4n) is 2.31. The van der Waals surface area contributed by atoms with E-state index in [1.54, 1.807) is 0 Å². The maximum Gasteiger partial charge on any atom is 0.308 e. The lowest BCUT2D eigenvalue weighted by molar-refractivity contribution is -0.157. The summed E-state index contributed by atoms with van der Waals surface area (Å²) in [5.74, 6) is -3.62. The van der Waals surface area contributed by atoms with E-state index in [4.69, 9.17) is 14.9 Å². The van der Waals surface area contributed by atoms with Crippen LogP contribution in [0.15, 0.2) is 0 Å². The Morgan fingerprint density at radius 2 is 1.89 bits per heavy atom. The van der Waals surface area contributed by atoms with Crippen molar-refractivity contribution in [3.63, 3.8) is 0 Å². The van der Waals surface area contributed by atoms with Gasteiger partial charge in [-0.1, -0.05) is 13.3 Å². The van der Waals surface area contributed by atoms with E-state index in [0.717, 1.165) is 19.4 Å². The quantitative estimate of drug-likeness (QED) is 0.639. The molecule has 2 unspecified atom stereocenters. The van der Waals surface area contributed by atoms with Gasteiger partial charge in [-0.25, -0.2) is 0 Å². The number of piperidine rings is 1. The zero-order chi connectivity index (χ0) is 14.3. The highest BCUT2D eigenvalue weighted by atomic mass is 16.5. The first kappa shape index (κ1) is 15.9. The number of aliphatic carboxylic acids is 2. The van der Waals surface area contributed by atoms with Gasteiger partial charge < -0.3 is 19.8 Å². The normalized spacial score (nSPS) is 24.3. The van der Waals surface area contributed by atoms with Crippen LogP contribution in [-0.4, -0.2) is 59.9 Å². The molecule has 1 fully saturated rings. The van der Waals surface area contributed by atoms with Gasteiger partial charge in [0.2, 0.25) is 0 Å². The van der Waals surface area contributed by atoms with Gasteiger partial charge in [0.05, 0.1) is 18.4 Å². The van der Waals surface area contributed by atoms with E-state index in [9.17, 15) is 9.59 Å². The molecule has 0 aromatic heterocycles. The molecule has 2 atom stereocenters. The molecule has 1 rings (SSSR count). The fraction of sp³-hybridized carbons (Fsp3) is 0.846. The number of ether oxygens (including phenoxy) is 1. The van der Waals surface area contributed by atoms with Gasteiger partial charge in [0, 0.05) is 19.7 Å². The lowest BCUT2D eigenvalue weighted by atomic mass is 9.85. The van der Waals surface area contributed by atoms with E-state index in [1.807, 2.05) is 4.90 Å². The van der Waals surface area contributed by atoms with Crippen molar-refractivity contribution >= 4 is 11.9 Å². The van der Waals surface area contributed by atoms with Gasteiger partial charge in [-0.3, -0.25) is 9.59 Å². The minimum Gasteiger partial charge on any atom is -0.481 e. The third kappa shape index (κ3) is 5.16. The van der Waals surface area contributed by atoms with Crippen LogP contribution in [0.4, 0.5) is 0 Å². The summed E-state index contributed by atoms with van der Waals surface area (Å²) in [5, 5.41) is 18.1. The van der Waals surface area contributed by atoms with Crippen molar-refractivity contribution in [1.29, 1.82) is 0 Å². The van der Waals surface area contributed by atoms with E-state index in [0.29, 0.717) is 32.7 Å². The van der Waals surface area contributed by atoms with Gasteiger partial charge in [-0.2, -0.15) is 0 Å². The van der Waals surface area contributed by atoms with Crippen LogP contribution >= 0.6 is 0 Å². The van der Waals surface area contributed by atoms with Crippen LogP contribution in [0.3, 0.4) is 0 Å². The molecule has 0 saturated carbocycles. The first-order valence-electron chi connectivity index (χ1n) is 6.82. The first-order chi connectivity index (χ1) is 9.06. The Bertz CT molecular complexity index is 307. The van der Waals surface area contributed by atoms with Crippen LogP contribution < -0.4 is 0 Å². The molecule has 0 radical (unpaired) electrons. The van der Waals surface area contributed by atoms with Crippen molar-refractivity contribution in [3.05, 3.63) is 0 Å². The predicted molar refractivity (Wildman–Crippen MR) is 69.0 cm³/mol. The van der Waals surface area contributed by atoms with Crippen LogP contribution in [0.2, 0.25) is 0 Å². The monoisotopic (exact) mass is 273 g/mol. The summed E-state index contributed by atoms with van der Waals surface area (Å²) < 4.78 is 5.44. The second kappa shape index (κ2) is 8.12. The SMILES string of the molecule is CCCCOCCN1CCC(C(=O)O)C(C(=O)O)C1. The lowest BCUT2D eigenvalue weighted by Crippen LogP contribution is -2.47. The number of hydrogen-bond donors (Lipinski definition) is 2. The molecule has 2 N–H and O–H groups in total. The number of likely N-dealkylation sites (tertiary alicyclic amines) is 1. The maximum absolute atomic E-state index is 11.1. The summed E-state index contributed by atoms with van der Waals surface area (Å²) in [5.41, 5.74) is 0. The molecule has 0 bridgehead atoms. The highest BCUT2D eigenvalue weighted by molar-refractivity contribution is 5.80. The third-order valence-corrected chi connectivity index (χ3v) is 3.53. The molecular weight excluding hydrogens is 250 g/mol. The first-order valence-corrected chi connectivity index (χ1v) is 6.82. The Kier molecular flexibility index (Phi) is 6.80. The van der Waals surface area contributed by atoms with Crippen molar-refractivity contribution in [2.24, 2.45) is 11.8 Å². The number of carboxylic acids is 2. The summed E-state index contributed by atoms with van der Waals surface area (Å²) in [6, 6.07) is 0. The maximum atomic E-state index is 11.1. The minimum absolute atomic E-state index is 0.295. The minimum atomic E-state index is -1.02.